The SMILES string of the molecule is COc1ccc(C(O)C(O)CO)c(Cl)c1. The van der Waals surface area contributed by atoms with Gasteiger partial charge in [-0.25, -0.2) is 0 Å². The van der Waals surface area contributed by atoms with Crippen molar-refractivity contribution in [2.24, 2.45) is 0 Å². The number of halogens is 1. The van der Waals surface area contributed by atoms with Crippen molar-refractivity contribution in [1.29, 1.82) is 0 Å². The van der Waals surface area contributed by atoms with Crippen LogP contribution in [0.5, 0.6) is 5.75 Å². The van der Waals surface area contributed by atoms with Gasteiger partial charge in [-0.15, -0.1) is 0 Å². The fourth-order valence-corrected chi connectivity index (χ4v) is 1.46. The third kappa shape index (κ3) is 2.82. The number of hydrogen-bond acceptors (Lipinski definition) is 4. The molecule has 1 rings (SSSR count). The molecule has 0 aromatic heterocycles. The molecule has 1 aromatic rings. The molecule has 0 aliphatic rings. The predicted molar refractivity (Wildman–Crippen MR) is 56.1 cm³/mol. The lowest BCUT2D eigenvalue weighted by atomic mass is 10.0. The lowest BCUT2D eigenvalue weighted by Crippen LogP contribution is -2.22. The Hall–Kier alpha value is -0.810. The Morgan fingerprint density at radius 2 is 2.07 bits per heavy atom. The molecule has 5 heteroatoms. The average molecular weight is 233 g/mol. The summed E-state index contributed by atoms with van der Waals surface area (Å²) >= 11 is 5.87. The predicted octanol–water partition coefficient (Wildman–Crippen LogP) is 0.735. The summed E-state index contributed by atoms with van der Waals surface area (Å²) in [7, 11) is 1.50. The zero-order valence-corrected chi connectivity index (χ0v) is 8.98. The van der Waals surface area contributed by atoms with Crippen LogP contribution in [0.1, 0.15) is 11.7 Å². The monoisotopic (exact) mass is 232 g/mol. The summed E-state index contributed by atoms with van der Waals surface area (Å²) < 4.78 is 4.94. The second-order valence-electron chi connectivity index (χ2n) is 3.08. The van der Waals surface area contributed by atoms with Gasteiger partial charge in [-0.2, -0.15) is 0 Å². The Morgan fingerprint density at radius 3 is 2.53 bits per heavy atom. The number of ether oxygens (including phenoxy) is 1. The molecule has 0 saturated carbocycles. The summed E-state index contributed by atoms with van der Waals surface area (Å²) in [5.41, 5.74) is 0.360. The molecular formula is C10H13ClO4. The molecule has 2 atom stereocenters. The largest absolute Gasteiger partial charge is 0.497 e. The lowest BCUT2D eigenvalue weighted by Gasteiger charge is -2.17. The van der Waals surface area contributed by atoms with Gasteiger partial charge in [0.1, 0.15) is 18.0 Å². The quantitative estimate of drug-likeness (QED) is 0.716. The van der Waals surface area contributed by atoms with E-state index in [4.69, 9.17) is 21.4 Å². The van der Waals surface area contributed by atoms with Gasteiger partial charge in [-0.3, -0.25) is 0 Å². The van der Waals surface area contributed by atoms with Crippen LogP contribution in [0, 0.1) is 0 Å². The van der Waals surface area contributed by atoms with E-state index in [-0.39, 0.29) is 5.02 Å². The van der Waals surface area contributed by atoms with Crippen molar-refractivity contribution in [3.63, 3.8) is 0 Å². The topological polar surface area (TPSA) is 69.9 Å². The fourth-order valence-electron chi connectivity index (χ4n) is 1.18. The van der Waals surface area contributed by atoms with Crippen LogP contribution < -0.4 is 4.74 Å². The highest BCUT2D eigenvalue weighted by Gasteiger charge is 2.20. The minimum Gasteiger partial charge on any atom is -0.497 e. The van der Waals surface area contributed by atoms with Gasteiger partial charge < -0.3 is 20.1 Å². The van der Waals surface area contributed by atoms with Crippen molar-refractivity contribution in [2.75, 3.05) is 13.7 Å². The minimum absolute atomic E-state index is 0.286. The minimum atomic E-state index is -1.24. The van der Waals surface area contributed by atoms with E-state index in [2.05, 4.69) is 0 Å². The van der Waals surface area contributed by atoms with E-state index >= 15 is 0 Å². The highest BCUT2D eigenvalue weighted by molar-refractivity contribution is 6.31. The zero-order valence-electron chi connectivity index (χ0n) is 8.22. The van der Waals surface area contributed by atoms with Crippen LogP contribution in [0.15, 0.2) is 18.2 Å². The molecule has 0 fully saturated rings. The standard InChI is InChI=1S/C10H13ClO4/c1-15-6-2-3-7(8(11)4-6)10(14)9(13)5-12/h2-4,9-10,12-14H,5H2,1H3. The average Bonchev–Trinajstić information content (AvgIpc) is 2.26. The first-order valence-corrected chi connectivity index (χ1v) is 4.78. The number of benzene rings is 1. The van der Waals surface area contributed by atoms with Gasteiger partial charge in [0.25, 0.3) is 0 Å². The van der Waals surface area contributed by atoms with Crippen molar-refractivity contribution in [3.8, 4) is 5.75 Å². The van der Waals surface area contributed by atoms with Crippen LogP contribution in [-0.2, 0) is 0 Å². The first-order chi connectivity index (χ1) is 7.10. The molecule has 0 amide bonds. The molecule has 0 saturated heterocycles. The van der Waals surface area contributed by atoms with Gasteiger partial charge in [0.05, 0.1) is 18.7 Å². The Balaban J connectivity index is 2.95. The van der Waals surface area contributed by atoms with Crippen LogP contribution in [0.3, 0.4) is 0 Å². The molecule has 2 unspecified atom stereocenters. The van der Waals surface area contributed by atoms with Gasteiger partial charge in [-0.05, 0) is 12.1 Å². The van der Waals surface area contributed by atoms with Crippen LogP contribution in [-0.4, -0.2) is 35.1 Å². The highest BCUT2D eigenvalue weighted by atomic mass is 35.5. The molecule has 15 heavy (non-hydrogen) atoms. The number of hydrogen-bond donors (Lipinski definition) is 3. The van der Waals surface area contributed by atoms with Crippen molar-refractivity contribution < 1.29 is 20.1 Å². The van der Waals surface area contributed by atoms with Crippen molar-refractivity contribution in [1.82, 2.24) is 0 Å². The van der Waals surface area contributed by atoms with Gasteiger partial charge >= 0.3 is 0 Å². The molecule has 0 aliphatic heterocycles. The fraction of sp³-hybridized carbons (Fsp3) is 0.400. The van der Waals surface area contributed by atoms with Crippen molar-refractivity contribution in [2.45, 2.75) is 12.2 Å². The Labute approximate surface area is 92.7 Å². The van der Waals surface area contributed by atoms with Gasteiger partial charge in [-0.1, -0.05) is 17.7 Å². The smallest absolute Gasteiger partial charge is 0.120 e. The van der Waals surface area contributed by atoms with Crippen molar-refractivity contribution in [3.05, 3.63) is 28.8 Å². The number of aliphatic hydroxyl groups excluding tert-OH is 3. The van der Waals surface area contributed by atoms with E-state index < -0.39 is 18.8 Å². The molecule has 0 aliphatic carbocycles. The summed E-state index contributed by atoms with van der Waals surface area (Å²) in [6, 6.07) is 4.70. The van der Waals surface area contributed by atoms with E-state index in [9.17, 15) is 10.2 Å². The summed E-state index contributed by atoms with van der Waals surface area (Å²) in [5.74, 6) is 0.564. The van der Waals surface area contributed by atoms with Gasteiger partial charge in [0.2, 0.25) is 0 Å². The van der Waals surface area contributed by atoms with E-state index in [0.29, 0.717) is 11.3 Å². The highest BCUT2D eigenvalue weighted by Crippen LogP contribution is 2.28. The molecule has 84 valence electrons. The molecule has 0 spiro atoms. The lowest BCUT2D eigenvalue weighted by molar-refractivity contribution is -0.0152. The third-order valence-electron chi connectivity index (χ3n) is 2.08. The molecular weight excluding hydrogens is 220 g/mol. The number of methoxy groups -OCH3 is 1. The van der Waals surface area contributed by atoms with E-state index in [1.165, 1.54) is 13.2 Å². The van der Waals surface area contributed by atoms with Crippen LogP contribution >= 0.6 is 11.6 Å². The first-order valence-electron chi connectivity index (χ1n) is 4.40. The van der Waals surface area contributed by atoms with E-state index in [1.54, 1.807) is 12.1 Å². The summed E-state index contributed by atoms with van der Waals surface area (Å²) in [6.45, 7) is -0.524. The molecule has 3 N–H and O–H groups in total. The Kier molecular flexibility index (Phi) is 4.35. The molecule has 0 radical (unpaired) electrons. The van der Waals surface area contributed by atoms with Gasteiger partial charge in [0.15, 0.2) is 0 Å². The van der Waals surface area contributed by atoms with Crippen LogP contribution in [0.2, 0.25) is 5.02 Å². The Bertz CT molecular complexity index is 329. The molecule has 4 nitrogen and oxygen atoms in total. The zero-order chi connectivity index (χ0) is 11.4. The second kappa shape index (κ2) is 5.32. The summed E-state index contributed by atoms with van der Waals surface area (Å²) in [5, 5.41) is 27.8. The maximum Gasteiger partial charge on any atom is 0.120 e. The Morgan fingerprint density at radius 1 is 1.40 bits per heavy atom. The van der Waals surface area contributed by atoms with E-state index in [0.717, 1.165) is 0 Å². The maximum absolute atomic E-state index is 9.60. The normalized spacial score (nSPS) is 14.7. The first kappa shape index (κ1) is 12.3. The molecule has 0 bridgehead atoms. The summed E-state index contributed by atoms with van der Waals surface area (Å²) in [6.07, 6.45) is -2.44. The molecule has 1 aromatic carbocycles. The second-order valence-corrected chi connectivity index (χ2v) is 3.49. The number of rotatable bonds is 4. The van der Waals surface area contributed by atoms with Gasteiger partial charge in [0, 0.05) is 5.56 Å². The van der Waals surface area contributed by atoms with E-state index in [1.807, 2.05) is 0 Å². The number of aliphatic hydroxyl groups is 3. The van der Waals surface area contributed by atoms with Crippen LogP contribution in [0.4, 0.5) is 0 Å². The maximum atomic E-state index is 9.60. The third-order valence-corrected chi connectivity index (χ3v) is 2.41. The van der Waals surface area contributed by atoms with Crippen LogP contribution in [0.25, 0.3) is 0 Å². The molecule has 0 heterocycles. The van der Waals surface area contributed by atoms with Crippen molar-refractivity contribution >= 4 is 11.6 Å². The summed E-state index contributed by atoms with van der Waals surface area (Å²) in [4.78, 5) is 0.